The van der Waals surface area contributed by atoms with Crippen LogP contribution in [-0.4, -0.2) is 59.8 Å². The lowest BCUT2D eigenvalue weighted by Gasteiger charge is -2.17. The Morgan fingerprint density at radius 1 is 1.24 bits per heavy atom. The summed E-state index contributed by atoms with van der Waals surface area (Å²) < 4.78 is 7.33. The van der Waals surface area contributed by atoms with Crippen molar-refractivity contribution >= 4 is 11.0 Å². The molecule has 4 rings (SSSR count). The van der Waals surface area contributed by atoms with Crippen molar-refractivity contribution in [3.63, 3.8) is 0 Å². The number of nitrogens with zero attached hydrogens (tertiary/aromatic N) is 4. The minimum atomic E-state index is -1.18. The molecular weight excluding hydrogens is 324 g/mol. The maximum Gasteiger partial charge on any atom is 0.164 e. The summed E-state index contributed by atoms with van der Waals surface area (Å²) in [5, 5.41) is 30.6. The molecule has 130 valence electrons. The van der Waals surface area contributed by atoms with E-state index >= 15 is 0 Å². The topological polar surface area (TPSA) is 114 Å². The quantitative estimate of drug-likeness (QED) is 0.632. The first-order valence-electron chi connectivity index (χ1n) is 7.96. The Kier molecular flexibility index (Phi) is 3.97. The molecule has 1 aliphatic rings. The zero-order valence-electron chi connectivity index (χ0n) is 13.5. The first-order valence-corrected chi connectivity index (χ1v) is 7.96. The fourth-order valence-electron chi connectivity index (χ4n) is 3.28. The van der Waals surface area contributed by atoms with E-state index in [-0.39, 0.29) is 6.61 Å². The zero-order chi connectivity index (χ0) is 17.6. The van der Waals surface area contributed by atoms with E-state index in [9.17, 15) is 15.3 Å². The van der Waals surface area contributed by atoms with E-state index < -0.39 is 24.5 Å². The van der Waals surface area contributed by atoms with Gasteiger partial charge in [0.25, 0.3) is 0 Å². The molecule has 1 saturated heterocycles. The fourth-order valence-corrected chi connectivity index (χ4v) is 3.28. The molecule has 8 nitrogen and oxygen atoms in total. The minimum absolute atomic E-state index is 0.378. The summed E-state index contributed by atoms with van der Waals surface area (Å²) >= 11 is 0. The first-order chi connectivity index (χ1) is 12.1. The maximum atomic E-state index is 10.4. The largest absolute Gasteiger partial charge is 0.394 e. The van der Waals surface area contributed by atoms with Gasteiger partial charge in [0.05, 0.1) is 12.3 Å². The van der Waals surface area contributed by atoms with Crippen molar-refractivity contribution in [2.45, 2.75) is 31.5 Å². The van der Waals surface area contributed by atoms with Crippen molar-refractivity contribution in [3.8, 4) is 11.1 Å². The molecule has 8 heteroatoms. The SMILES string of the molecule is Cc1ncnc2c1c(-c1cccnc1)cn2[C@@H]1O[C@H](CO)[C@@H](O)[C@H]1O. The monoisotopic (exact) mass is 342 g/mol. The maximum absolute atomic E-state index is 10.4. The minimum Gasteiger partial charge on any atom is -0.394 e. The van der Waals surface area contributed by atoms with Crippen molar-refractivity contribution in [3.05, 3.63) is 42.7 Å². The summed E-state index contributed by atoms with van der Waals surface area (Å²) in [5.74, 6) is 0. The number of ether oxygens (including phenoxy) is 1. The van der Waals surface area contributed by atoms with Crippen molar-refractivity contribution < 1.29 is 20.1 Å². The van der Waals surface area contributed by atoms with Gasteiger partial charge in [0.15, 0.2) is 6.23 Å². The standard InChI is InChI=1S/C17H18N4O4/c1-9-13-11(10-3-2-4-18-5-10)6-21(16(13)20-8-19-9)17-15(24)14(23)12(7-22)25-17/h2-6,8,12,14-15,17,22-24H,7H2,1H3/t12-,14-,15-,17-/m1/s1. The van der Waals surface area contributed by atoms with Gasteiger partial charge in [-0.1, -0.05) is 6.07 Å². The van der Waals surface area contributed by atoms with E-state index in [1.54, 1.807) is 17.0 Å². The Hall–Kier alpha value is -2.39. The number of aromatic nitrogens is 4. The number of aryl methyl sites for hydroxylation is 1. The van der Waals surface area contributed by atoms with Crippen molar-refractivity contribution in [2.75, 3.05) is 6.61 Å². The lowest BCUT2D eigenvalue weighted by Crippen LogP contribution is -2.33. The molecule has 0 saturated carbocycles. The molecule has 4 heterocycles. The average Bonchev–Trinajstić information content (AvgIpc) is 3.15. The third-order valence-electron chi connectivity index (χ3n) is 4.56. The number of rotatable bonds is 3. The third kappa shape index (κ3) is 2.50. The van der Waals surface area contributed by atoms with Crippen LogP contribution in [0.1, 0.15) is 11.9 Å². The lowest BCUT2D eigenvalue weighted by atomic mass is 10.1. The summed E-state index contributed by atoms with van der Waals surface area (Å²) in [5.41, 5.74) is 3.12. The lowest BCUT2D eigenvalue weighted by molar-refractivity contribution is -0.0508. The van der Waals surface area contributed by atoms with Gasteiger partial charge < -0.3 is 24.6 Å². The molecule has 0 radical (unpaired) electrons. The van der Waals surface area contributed by atoms with Crippen LogP contribution in [0.4, 0.5) is 0 Å². The second-order valence-electron chi connectivity index (χ2n) is 6.08. The zero-order valence-corrected chi connectivity index (χ0v) is 13.5. The van der Waals surface area contributed by atoms with E-state index in [1.165, 1.54) is 6.33 Å². The molecule has 0 unspecified atom stereocenters. The highest BCUT2D eigenvalue weighted by Gasteiger charge is 2.44. The van der Waals surface area contributed by atoms with Crippen LogP contribution in [-0.2, 0) is 4.74 Å². The fraction of sp³-hybridized carbons (Fsp3) is 0.353. The molecule has 3 N–H and O–H groups in total. The Bertz CT molecular complexity index is 898. The van der Waals surface area contributed by atoms with Gasteiger partial charge in [0, 0.05) is 35.1 Å². The summed E-state index contributed by atoms with van der Waals surface area (Å²) in [6.45, 7) is 1.50. The van der Waals surface area contributed by atoms with Crippen molar-refractivity contribution in [2.24, 2.45) is 0 Å². The van der Waals surface area contributed by atoms with Gasteiger partial charge in [-0.3, -0.25) is 4.98 Å². The normalized spacial score (nSPS) is 26.4. The molecule has 0 spiro atoms. The van der Waals surface area contributed by atoms with Crippen LogP contribution in [0, 0.1) is 6.92 Å². The van der Waals surface area contributed by atoms with Gasteiger partial charge in [-0.15, -0.1) is 0 Å². The van der Waals surface area contributed by atoms with Gasteiger partial charge in [-0.25, -0.2) is 9.97 Å². The van der Waals surface area contributed by atoms with Crippen molar-refractivity contribution in [1.29, 1.82) is 0 Å². The molecule has 3 aromatic rings. The Balaban J connectivity index is 1.90. The van der Waals surface area contributed by atoms with Crippen LogP contribution < -0.4 is 0 Å². The van der Waals surface area contributed by atoms with Crippen LogP contribution in [0.5, 0.6) is 0 Å². The highest BCUT2D eigenvalue weighted by molar-refractivity contribution is 5.95. The van der Waals surface area contributed by atoms with E-state index in [0.29, 0.717) is 5.65 Å². The van der Waals surface area contributed by atoms with E-state index in [2.05, 4.69) is 15.0 Å². The van der Waals surface area contributed by atoms with E-state index in [1.807, 2.05) is 25.3 Å². The Morgan fingerprint density at radius 2 is 2.08 bits per heavy atom. The van der Waals surface area contributed by atoms with Crippen LogP contribution >= 0.6 is 0 Å². The summed E-state index contributed by atoms with van der Waals surface area (Å²) in [4.78, 5) is 12.8. The molecular formula is C17H18N4O4. The highest BCUT2D eigenvalue weighted by Crippen LogP contribution is 2.37. The second-order valence-corrected chi connectivity index (χ2v) is 6.08. The predicted molar refractivity (Wildman–Crippen MR) is 88.5 cm³/mol. The Labute approximate surface area is 143 Å². The number of aliphatic hydroxyl groups is 3. The number of fused-ring (bicyclic) bond motifs is 1. The van der Waals surface area contributed by atoms with Gasteiger partial charge in [0.1, 0.15) is 30.3 Å². The van der Waals surface area contributed by atoms with Crippen LogP contribution in [0.2, 0.25) is 0 Å². The van der Waals surface area contributed by atoms with Gasteiger partial charge in [-0.2, -0.15) is 0 Å². The van der Waals surface area contributed by atoms with Gasteiger partial charge in [-0.05, 0) is 13.0 Å². The van der Waals surface area contributed by atoms with Crippen LogP contribution in [0.15, 0.2) is 37.1 Å². The smallest absolute Gasteiger partial charge is 0.164 e. The highest BCUT2D eigenvalue weighted by atomic mass is 16.6. The molecule has 0 aromatic carbocycles. The molecule has 3 aromatic heterocycles. The molecule has 25 heavy (non-hydrogen) atoms. The van der Waals surface area contributed by atoms with Gasteiger partial charge in [0.2, 0.25) is 0 Å². The number of hydrogen-bond donors (Lipinski definition) is 3. The van der Waals surface area contributed by atoms with Crippen LogP contribution in [0.25, 0.3) is 22.2 Å². The summed E-state index contributed by atoms with van der Waals surface area (Å²) in [6.07, 6.45) is 2.64. The summed E-state index contributed by atoms with van der Waals surface area (Å²) in [6, 6.07) is 3.76. The van der Waals surface area contributed by atoms with E-state index in [0.717, 1.165) is 22.2 Å². The number of hydrogen-bond acceptors (Lipinski definition) is 7. The molecule has 1 fully saturated rings. The number of aliphatic hydroxyl groups excluding tert-OH is 3. The van der Waals surface area contributed by atoms with E-state index in [4.69, 9.17) is 4.74 Å². The molecule has 0 bridgehead atoms. The molecule has 0 aliphatic carbocycles. The molecule has 1 aliphatic heterocycles. The third-order valence-corrected chi connectivity index (χ3v) is 4.56. The second kappa shape index (κ2) is 6.16. The predicted octanol–water partition coefficient (Wildman–Crippen LogP) is 0.413. The first kappa shape index (κ1) is 16.1. The van der Waals surface area contributed by atoms with Gasteiger partial charge >= 0.3 is 0 Å². The number of pyridine rings is 1. The van der Waals surface area contributed by atoms with Crippen LogP contribution in [0.3, 0.4) is 0 Å². The Morgan fingerprint density at radius 3 is 2.76 bits per heavy atom. The summed E-state index contributed by atoms with van der Waals surface area (Å²) in [7, 11) is 0. The molecule has 4 atom stereocenters. The van der Waals surface area contributed by atoms with Crippen molar-refractivity contribution in [1.82, 2.24) is 19.5 Å². The average molecular weight is 342 g/mol. The molecule has 0 amide bonds.